The van der Waals surface area contributed by atoms with Crippen molar-refractivity contribution >= 4 is 69.4 Å². The van der Waals surface area contributed by atoms with E-state index in [9.17, 15) is 28.8 Å². The zero-order chi connectivity index (χ0) is 81.7. The van der Waals surface area contributed by atoms with Gasteiger partial charge in [0.05, 0.1) is 34.5 Å². The van der Waals surface area contributed by atoms with Crippen molar-refractivity contribution in [3.8, 4) is 22.3 Å². The van der Waals surface area contributed by atoms with Gasteiger partial charge >= 0.3 is 6.09 Å². The number of rotatable bonds is 25. The number of anilines is 2. The fraction of sp³-hybridized carbons (Fsp3) is 0.413. The van der Waals surface area contributed by atoms with E-state index in [1.165, 1.54) is 11.1 Å². The number of amides is 5. The van der Waals surface area contributed by atoms with Crippen LogP contribution in [0.25, 0.3) is 44.3 Å². The Morgan fingerprint density at radius 1 is 0.504 bits per heavy atom. The lowest BCUT2D eigenvalue weighted by Gasteiger charge is -2.30. The maximum Gasteiger partial charge on any atom is 0.410 e. The zero-order valence-corrected chi connectivity index (χ0v) is 68.5. The molecular formula is C92H116N16O9. The van der Waals surface area contributed by atoms with Crippen LogP contribution in [0.4, 0.5) is 16.2 Å². The monoisotopic (exact) mass is 1590 g/mol. The summed E-state index contributed by atoms with van der Waals surface area (Å²) in [5.41, 5.74) is 18.8. The van der Waals surface area contributed by atoms with Crippen molar-refractivity contribution in [2.24, 2.45) is 0 Å². The van der Waals surface area contributed by atoms with Crippen molar-refractivity contribution in [1.29, 1.82) is 0 Å². The van der Waals surface area contributed by atoms with Crippen molar-refractivity contribution in [3.63, 3.8) is 0 Å². The quantitative estimate of drug-likeness (QED) is 0.0247. The molecule has 25 heteroatoms. The summed E-state index contributed by atoms with van der Waals surface area (Å²) in [7, 11) is 0. The second-order valence-corrected chi connectivity index (χ2v) is 31.0. The van der Waals surface area contributed by atoms with Gasteiger partial charge in [0.2, 0.25) is 0 Å². The largest absolute Gasteiger partial charge is 0.444 e. The van der Waals surface area contributed by atoms with Gasteiger partial charge in [-0.1, -0.05) is 105 Å². The highest BCUT2D eigenvalue weighted by molar-refractivity contribution is 6.01. The van der Waals surface area contributed by atoms with E-state index in [0.717, 1.165) is 199 Å². The Hall–Kier alpha value is -11.2. The van der Waals surface area contributed by atoms with Crippen LogP contribution in [0, 0.1) is 13.8 Å². The van der Waals surface area contributed by atoms with Gasteiger partial charge in [-0.2, -0.15) is 10.2 Å². The first-order valence-electron chi connectivity index (χ1n) is 41.0. The van der Waals surface area contributed by atoms with E-state index < -0.39 is 0 Å². The van der Waals surface area contributed by atoms with E-state index >= 15 is 0 Å². The van der Waals surface area contributed by atoms with Crippen molar-refractivity contribution in [2.75, 3.05) is 89.4 Å². The number of carbonyl (C=O) groups excluding carboxylic acids is 6. The number of aldehydes is 1. The van der Waals surface area contributed by atoms with Gasteiger partial charge in [-0.05, 0) is 187 Å². The molecule has 4 aromatic heterocycles. The van der Waals surface area contributed by atoms with Gasteiger partial charge in [0.25, 0.3) is 23.6 Å². The predicted octanol–water partition coefficient (Wildman–Crippen LogP) is 13.6. The number of nitrogens with one attached hydrogen (secondary N) is 8. The molecule has 4 aliphatic heterocycles. The molecule has 25 nitrogen and oxygen atoms in total. The van der Waals surface area contributed by atoms with E-state index in [1.54, 1.807) is 59.5 Å². The maximum absolute atomic E-state index is 13.6. The first-order valence-corrected chi connectivity index (χ1v) is 41.0. The fourth-order valence-corrected chi connectivity index (χ4v) is 15.1. The SMILES string of the molecule is C.CC(C)(C)OC(=O)N1CCNCC1.CCc1nc2c(cnn2CC)c(NC2CCOCC2)c1CNC(=O)c1cccc(C(=O)NCc2cc(C)cc(-c3cccc(C=O)c3)c2)c1.CCc1nc2c(cnn2CC)c(NC2CCOCC2)c1CNC(=O)c1cccc(C(=O)NCc2cc(C)cc(-c3cccc(CN4CCNCC4)c3)c2)c1. The van der Waals surface area contributed by atoms with E-state index in [0.29, 0.717) is 86.6 Å². The molecule has 10 aromatic rings. The highest BCUT2D eigenvalue weighted by atomic mass is 16.6. The van der Waals surface area contributed by atoms with E-state index in [4.69, 9.17) is 24.2 Å². The van der Waals surface area contributed by atoms with Gasteiger partial charge in [0.15, 0.2) is 11.3 Å². The summed E-state index contributed by atoms with van der Waals surface area (Å²) >= 11 is 0. The van der Waals surface area contributed by atoms with Crippen LogP contribution in [0.5, 0.6) is 0 Å². The molecule has 4 fully saturated rings. The van der Waals surface area contributed by atoms with Crippen molar-refractivity contribution in [3.05, 3.63) is 224 Å². The van der Waals surface area contributed by atoms with E-state index in [2.05, 4.69) is 134 Å². The lowest BCUT2D eigenvalue weighted by molar-refractivity contribution is 0.0228. The molecule has 0 atom stereocenters. The third-order valence-electron chi connectivity index (χ3n) is 21.2. The molecule has 0 aliphatic carbocycles. The maximum atomic E-state index is 13.6. The Morgan fingerprint density at radius 3 is 1.34 bits per heavy atom. The minimum Gasteiger partial charge on any atom is -0.444 e. The summed E-state index contributed by atoms with van der Waals surface area (Å²) in [5, 5.41) is 37.5. The third-order valence-corrected chi connectivity index (χ3v) is 21.2. The number of aryl methyl sites for hydroxylation is 6. The van der Waals surface area contributed by atoms with E-state index in [1.807, 2.05) is 86.7 Å². The molecule has 0 unspecified atom stereocenters. The van der Waals surface area contributed by atoms with Crippen LogP contribution in [0.3, 0.4) is 0 Å². The number of pyridine rings is 2. The van der Waals surface area contributed by atoms with Gasteiger partial charge in [0.1, 0.15) is 11.9 Å². The lowest BCUT2D eigenvalue weighted by Crippen LogP contribution is -2.48. The minimum atomic E-state index is -0.387. The Labute approximate surface area is 687 Å². The highest BCUT2D eigenvalue weighted by Crippen LogP contribution is 2.35. The predicted molar refractivity (Wildman–Crippen MR) is 462 cm³/mol. The van der Waals surface area contributed by atoms with Crippen molar-refractivity contribution < 1.29 is 43.0 Å². The van der Waals surface area contributed by atoms with E-state index in [-0.39, 0.29) is 61.4 Å². The molecule has 5 amide bonds. The average Bonchev–Trinajstić information content (AvgIpc) is 1.67. The van der Waals surface area contributed by atoms with Gasteiger partial charge < -0.3 is 61.6 Å². The second-order valence-electron chi connectivity index (χ2n) is 31.0. The summed E-state index contributed by atoms with van der Waals surface area (Å²) in [4.78, 5) is 90.7. The minimum absolute atomic E-state index is 0. The fourth-order valence-electron chi connectivity index (χ4n) is 15.1. The Balaban J connectivity index is 0.000000198. The molecule has 0 radical (unpaired) electrons. The summed E-state index contributed by atoms with van der Waals surface area (Å²) in [6.45, 7) is 31.8. The molecule has 0 spiro atoms. The van der Waals surface area contributed by atoms with Gasteiger partial charge in [-0.25, -0.2) is 24.1 Å². The smallest absolute Gasteiger partial charge is 0.410 e. The van der Waals surface area contributed by atoms with Crippen LogP contribution in [-0.4, -0.2) is 172 Å². The number of carbonyl (C=O) groups is 6. The Bertz CT molecular complexity index is 5080. The summed E-state index contributed by atoms with van der Waals surface area (Å²) in [6, 6.07) is 42.9. The van der Waals surface area contributed by atoms with Gasteiger partial charge in [-0.15, -0.1) is 0 Å². The first-order chi connectivity index (χ1) is 56.2. The first kappa shape index (κ1) is 86.6. The van der Waals surface area contributed by atoms with Gasteiger partial charge in [0, 0.05) is 187 Å². The van der Waals surface area contributed by atoms with Crippen LogP contribution in [0.2, 0.25) is 0 Å². The summed E-state index contributed by atoms with van der Waals surface area (Å²) in [6.07, 6.45) is 9.36. The topological polar surface area (TPSA) is 294 Å². The van der Waals surface area contributed by atoms with Crippen LogP contribution >= 0.6 is 0 Å². The molecule has 4 saturated heterocycles. The number of benzene rings is 6. The number of fused-ring (bicyclic) bond motifs is 2. The number of piperazine rings is 2. The summed E-state index contributed by atoms with van der Waals surface area (Å²) in [5.74, 6) is -1.04. The highest BCUT2D eigenvalue weighted by Gasteiger charge is 2.27. The van der Waals surface area contributed by atoms with Crippen LogP contribution in [0.15, 0.2) is 146 Å². The molecule has 4 aliphatic rings. The van der Waals surface area contributed by atoms with Crippen molar-refractivity contribution in [2.45, 2.75) is 172 Å². The molecule has 0 bridgehead atoms. The Morgan fingerprint density at radius 2 is 0.915 bits per heavy atom. The molecule has 14 rings (SSSR count). The zero-order valence-electron chi connectivity index (χ0n) is 68.5. The molecule has 8 N–H and O–H groups in total. The molecule has 117 heavy (non-hydrogen) atoms. The summed E-state index contributed by atoms with van der Waals surface area (Å²) < 4.78 is 20.2. The van der Waals surface area contributed by atoms with Crippen molar-refractivity contribution in [1.82, 2.24) is 71.2 Å². The number of hydrogen-bond donors (Lipinski definition) is 8. The lowest BCUT2D eigenvalue weighted by atomic mass is 9.98. The Kier molecular flexibility index (Phi) is 30.8. The standard InChI is InChI=1S/C43H52N8O3.C39H42N6O4.C9H18N2O2.CH4/c1-4-39-37(40(48-36-12-18-54-19-13-36)38-27-47-51(5-2)41(38)49-39)26-46-43(53)34-11-7-10-33(24-34)42(52)45-25-31-20-29(3)21-35(23-31)32-9-6-8-30(22-32)28-50-16-14-44-15-17-50;1-4-35-33(36(43-32-12-14-49-15-13-32)34-23-42-45(5-2)37(34)44-35)22-41-39(48)30-11-7-10-29(20-30)38(47)40-21-27-16-25(3)17-31(19-27)28-9-6-8-26(18-28)24-46;1-9(2,3)13-8(12)11-6-4-10-5-7-11;/h6-11,20-24,27,36,44H,4-5,12-19,25-26,28H2,1-3H3,(H,45,52)(H,46,53)(H,48,49);6-11,16-20,23-24,32H,4-5,12-15,21-22H2,1-3H3,(H,40,47)(H,41,48)(H,43,44);10H,4-7H2,1-3H3;1H4. The second kappa shape index (κ2) is 41.6. The number of nitrogens with zero attached hydrogens (tertiary/aromatic N) is 8. The van der Waals surface area contributed by atoms with Crippen LogP contribution < -0.4 is 42.5 Å². The third kappa shape index (κ3) is 23.3. The van der Waals surface area contributed by atoms with Gasteiger partial charge in [-0.3, -0.25) is 28.9 Å². The molecule has 618 valence electrons. The van der Waals surface area contributed by atoms with Crippen LogP contribution in [-0.2, 0) is 72.9 Å². The average molecular weight is 1590 g/mol. The molecular weight excluding hydrogens is 1470 g/mol. The number of ether oxygens (including phenoxy) is 3. The molecule has 6 aromatic carbocycles. The molecule has 8 heterocycles. The number of hydrogen-bond acceptors (Lipinski definition) is 18. The van der Waals surface area contributed by atoms with Crippen LogP contribution in [0.1, 0.15) is 184 Å². The molecule has 0 saturated carbocycles. The number of aromatic nitrogens is 6. The normalized spacial score (nSPS) is 14.7.